The molecule has 0 amide bonds. The van der Waals surface area contributed by atoms with Crippen LogP contribution in [0.5, 0.6) is 0 Å². The topological polar surface area (TPSA) is 82.0 Å². The van der Waals surface area contributed by atoms with Gasteiger partial charge < -0.3 is 5.32 Å². The van der Waals surface area contributed by atoms with Crippen molar-refractivity contribution in [2.24, 2.45) is 0 Å². The van der Waals surface area contributed by atoms with Crippen molar-refractivity contribution in [3.8, 4) is 6.07 Å². The summed E-state index contributed by atoms with van der Waals surface area (Å²) in [5, 5.41) is 11.8. The van der Waals surface area contributed by atoms with Gasteiger partial charge in [-0.25, -0.2) is 13.1 Å². The summed E-state index contributed by atoms with van der Waals surface area (Å²) in [4.78, 5) is 0.0342. The van der Waals surface area contributed by atoms with Gasteiger partial charge in [0, 0.05) is 6.54 Å². The quantitative estimate of drug-likeness (QED) is 0.721. The van der Waals surface area contributed by atoms with Crippen LogP contribution in [-0.2, 0) is 10.0 Å². The van der Waals surface area contributed by atoms with E-state index in [0.29, 0.717) is 13.0 Å². The first kappa shape index (κ1) is 13.6. The van der Waals surface area contributed by atoms with E-state index in [1.165, 1.54) is 12.1 Å². The Labute approximate surface area is 102 Å². The predicted octanol–water partition coefficient (Wildman–Crippen LogP) is 0.446. The number of nitrogens with one attached hydrogen (secondary N) is 2. The van der Waals surface area contributed by atoms with E-state index in [2.05, 4.69) is 10.0 Å². The van der Waals surface area contributed by atoms with Crippen molar-refractivity contribution in [3.63, 3.8) is 0 Å². The fourth-order valence-electron chi connectivity index (χ4n) is 1.34. The van der Waals surface area contributed by atoms with Gasteiger partial charge in [0.25, 0.3) is 0 Å². The van der Waals surface area contributed by atoms with E-state index < -0.39 is 10.0 Å². The third-order valence-corrected chi connectivity index (χ3v) is 3.71. The molecule has 17 heavy (non-hydrogen) atoms. The van der Waals surface area contributed by atoms with E-state index in [9.17, 15) is 8.42 Å². The zero-order valence-electron chi connectivity index (χ0n) is 9.60. The molecular formula is C11H15N3O2S. The Balaban J connectivity index is 2.80. The largest absolute Gasteiger partial charge is 0.320 e. The Morgan fingerprint density at radius 3 is 2.65 bits per heavy atom. The number of hydrogen-bond donors (Lipinski definition) is 2. The van der Waals surface area contributed by atoms with Gasteiger partial charge in [0.1, 0.15) is 6.07 Å². The summed E-state index contributed by atoms with van der Waals surface area (Å²) >= 11 is 0. The Bertz CT molecular complexity index is 506. The lowest BCUT2D eigenvalue weighted by Gasteiger charge is -2.07. The van der Waals surface area contributed by atoms with E-state index in [-0.39, 0.29) is 10.5 Å². The van der Waals surface area contributed by atoms with Crippen LogP contribution in [-0.4, -0.2) is 28.6 Å². The lowest BCUT2D eigenvalue weighted by atomic mass is 10.2. The Hall–Kier alpha value is -1.42. The minimum atomic E-state index is -3.58. The second kappa shape index (κ2) is 6.35. The SMILES string of the molecule is CNCCCNS(=O)(=O)c1ccccc1C#N. The highest BCUT2D eigenvalue weighted by Gasteiger charge is 2.16. The van der Waals surface area contributed by atoms with Crippen molar-refractivity contribution in [2.45, 2.75) is 11.3 Å². The molecule has 1 rings (SSSR count). The molecule has 1 aromatic carbocycles. The monoisotopic (exact) mass is 253 g/mol. The molecule has 5 nitrogen and oxygen atoms in total. The number of hydrogen-bond acceptors (Lipinski definition) is 4. The summed E-state index contributed by atoms with van der Waals surface area (Å²) < 4.78 is 26.3. The molecule has 0 unspecified atom stereocenters. The molecule has 0 spiro atoms. The molecule has 1 aromatic rings. The third kappa shape index (κ3) is 3.82. The molecule has 0 aliphatic rings. The Morgan fingerprint density at radius 1 is 1.29 bits per heavy atom. The van der Waals surface area contributed by atoms with Gasteiger partial charge in [-0.1, -0.05) is 12.1 Å². The Morgan fingerprint density at radius 2 is 2.00 bits per heavy atom. The molecule has 0 radical (unpaired) electrons. The van der Waals surface area contributed by atoms with Crippen LogP contribution in [0.15, 0.2) is 29.2 Å². The average molecular weight is 253 g/mol. The van der Waals surface area contributed by atoms with Crippen LogP contribution in [0.2, 0.25) is 0 Å². The van der Waals surface area contributed by atoms with Crippen molar-refractivity contribution >= 4 is 10.0 Å². The van der Waals surface area contributed by atoms with Gasteiger partial charge in [0.15, 0.2) is 0 Å². The van der Waals surface area contributed by atoms with E-state index >= 15 is 0 Å². The summed E-state index contributed by atoms with van der Waals surface area (Å²) in [5.41, 5.74) is 0.161. The van der Waals surface area contributed by atoms with Crippen LogP contribution >= 0.6 is 0 Å². The van der Waals surface area contributed by atoms with E-state index in [1.807, 2.05) is 6.07 Å². The molecule has 6 heteroatoms. The molecule has 0 aliphatic carbocycles. The fraction of sp³-hybridized carbons (Fsp3) is 0.364. The maximum Gasteiger partial charge on any atom is 0.241 e. The zero-order valence-corrected chi connectivity index (χ0v) is 10.4. The van der Waals surface area contributed by atoms with Gasteiger partial charge in [-0.15, -0.1) is 0 Å². The van der Waals surface area contributed by atoms with Crippen LogP contribution in [0.25, 0.3) is 0 Å². The van der Waals surface area contributed by atoms with Gasteiger partial charge in [-0.05, 0) is 32.1 Å². The summed E-state index contributed by atoms with van der Waals surface area (Å²) in [6, 6.07) is 8.03. The third-order valence-electron chi connectivity index (χ3n) is 2.19. The molecule has 2 N–H and O–H groups in total. The second-order valence-corrected chi connectivity index (χ2v) is 5.20. The van der Waals surface area contributed by atoms with Crippen LogP contribution in [0.4, 0.5) is 0 Å². The predicted molar refractivity (Wildman–Crippen MR) is 64.9 cm³/mol. The highest BCUT2D eigenvalue weighted by atomic mass is 32.2. The van der Waals surface area contributed by atoms with E-state index in [1.54, 1.807) is 19.2 Å². The number of rotatable bonds is 6. The summed E-state index contributed by atoms with van der Waals surface area (Å²) in [5.74, 6) is 0. The maximum atomic E-state index is 11.9. The summed E-state index contributed by atoms with van der Waals surface area (Å²) in [6.45, 7) is 1.09. The van der Waals surface area contributed by atoms with Crippen molar-refractivity contribution in [3.05, 3.63) is 29.8 Å². The first-order valence-corrected chi connectivity index (χ1v) is 6.73. The van der Waals surface area contributed by atoms with Crippen molar-refractivity contribution in [1.82, 2.24) is 10.0 Å². The van der Waals surface area contributed by atoms with Gasteiger partial charge in [-0.2, -0.15) is 5.26 Å². The smallest absolute Gasteiger partial charge is 0.241 e. The molecule has 0 aromatic heterocycles. The van der Waals surface area contributed by atoms with Crippen molar-refractivity contribution in [2.75, 3.05) is 20.1 Å². The number of nitriles is 1. The van der Waals surface area contributed by atoms with Crippen LogP contribution in [0.1, 0.15) is 12.0 Å². The van der Waals surface area contributed by atoms with Gasteiger partial charge >= 0.3 is 0 Å². The normalized spacial score (nSPS) is 11.1. The number of sulfonamides is 1. The minimum absolute atomic E-state index is 0.0342. The molecular weight excluding hydrogens is 238 g/mol. The molecule has 92 valence electrons. The number of benzene rings is 1. The van der Waals surface area contributed by atoms with Crippen LogP contribution in [0, 0.1) is 11.3 Å². The van der Waals surface area contributed by atoms with Crippen molar-refractivity contribution < 1.29 is 8.42 Å². The zero-order chi connectivity index (χ0) is 12.7. The molecule has 0 saturated heterocycles. The lowest BCUT2D eigenvalue weighted by Crippen LogP contribution is -2.27. The molecule has 0 fully saturated rings. The van der Waals surface area contributed by atoms with Gasteiger partial charge in [0.2, 0.25) is 10.0 Å². The van der Waals surface area contributed by atoms with Gasteiger partial charge in [0.05, 0.1) is 10.5 Å². The van der Waals surface area contributed by atoms with Crippen molar-refractivity contribution in [1.29, 1.82) is 5.26 Å². The highest BCUT2D eigenvalue weighted by molar-refractivity contribution is 7.89. The lowest BCUT2D eigenvalue weighted by molar-refractivity contribution is 0.577. The molecule has 0 heterocycles. The fourth-order valence-corrected chi connectivity index (χ4v) is 2.57. The highest BCUT2D eigenvalue weighted by Crippen LogP contribution is 2.13. The summed E-state index contributed by atoms with van der Waals surface area (Å²) in [6.07, 6.45) is 0.699. The summed E-state index contributed by atoms with van der Waals surface area (Å²) in [7, 11) is -1.78. The van der Waals surface area contributed by atoms with E-state index in [4.69, 9.17) is 5.26 Å². The van der Waals surface area contributed by atoms with E-state index in [0.717, 1.165) is 6.54 Å². The molecule has 0 aliphatic heterocycles. The Kier molecular flexibility index (Phi) is 5.10. The molecule has 0 saturated carbocycles. The second-order valence-electron chi connectivity index (χ2n) is 3.46. The maximum absolute atomic E-state index is 11.9. The number of nitrogens with zero attached hydrogens (tertiary/aromatic N) is 1. The van der Waals surface area contributed by atoms with Crippen LogP contribution < -0.4 is 10.0 Å². The first-order valence-electron chi connectivity index (χ1n) is 5.25. The first-order chi connectivity index (χ1) is 8.11. The average Bonchev–Trinajstić information content (AvgIpc) is 2.34. The minimum Gasteiger partial charge on any atom is -0.320 e. The van der Waals surface area contributed by atoms with Gasteiger partial charge in [-0.3, -0.25) is 0 Å². The standard InChI is InChI=1S/C11H15N3O2S/c1-13-7-4-8-14-17(15,16)11-6-3-2-5-10(11)9-12/h2-3,5-6,13-14H,4,7-8H2,1H3. The van der Waals surface area contributed by atoms with Crippen LogP contribution in [0.3, 0.4) is 0 Å². The molecule has 0 atom stereocenters. The molecule has 0 bridgehead atoms.